The minimum absolute atomic E-state index is 0.00582. The van der Waals surface area contributed by atoms with Gasteiger partial charge in [0.25, 0.3) is 0 Å². The highest BCUT2D eigenvalue weighted by Gasteiger charge is 2.16. The molecule has 0 saturated heterocycles. The maximum atomic E-state index is 11.9. The summed E-state index contributed by atoms with van der Waals surface area (Å²) in [7, 11) is -3.57. The summed E-state index contributed by atoms with van der Waals surface area (Å²) < 4.78 is 26.3. The van der Waals surface area contributed by atoms with Crippen LogP contribution in [0.4, 0.5) is 0 Å². The molecule has 0 saturated carbocycles. The third-order valence-corrected chi connectivity index (χ3v) is 4.18. The summed E-state index contributed by atoms with van der Waals surface area (Å²) in [6, 6.07) is 4.53. The second-order valence-electron chi connectivity index (χ2n) is 3.82. The molecule has 0 aliphatic carbocycles. The van der Waals surface area contributed by atoms with Crippen molar-refractivity contribution in [3.8, 4) is 11.8 Å². The zero-order chi connectivity index (χ0) is 14.3. The molecule has 0 unspecified atom stereocenters. The molecule has 104 valence electrons. The normalized spacial score (nSPS) is 10.9. The fraction of sp³-hybridized carbons (Fsp3) is 0.385. The van der Waals surface area contributed by atoms with E-state index in [9.17, 15) is 8.42 Å². The van der Waals surface area contributed by atoms with Gasteiger partial charge in [0.15, 0.2) is 0 Å². The zero-order valence-corrected chi connectivity index (χ0v) is 12.2. The fourth-order valence-electron chi connectivity index (χ4n) is 1.33. The molecule has 0 spiro atoms. The van der Waals surface area contributed by atoms with Crippen molar-refractivity contribution in [2.75, 3.05) is 13.2 Å². The number of aliphatic hydroxyl groups excluding tert-OH is 1. The van der Waals surface area contributed by atoms with Gasteiger partial charge in [-0.05, 0) is 24.6 Å². The van der Waals surface area contributed by atoms with E-state index in [-0.39, 0.29) is 16.5 Å². The van der Waals surface area contributed by atoms with Crippen LogP contribution >= 0.6 is 11.6 Å². The van der Waals surface area contributed by atoms with Crippen LogP contribution in [0.1, 0.15) is 25.3 Å². The van der Waals surface area contributed by atoms with Gasteiger partial charge in [0.2, 0.25) is 10.0 Å². The Bertz CT molecular complexity index is 588. The molecule has 1 aromatic carbocycles. The summed E-state index contributed by atoms with van der Waals surface area (Å²) in [6.07, 6.45) is 1.08. The Kier molecular flexibility index (Phi) is 6.32. The summed E-state index contributed by atoms with van der Waals surface area (Å²) in [5.41, 5.74) is 0.618. The first-order valence-corrected chi connectivity index (χ1v) is 7.76. The van der Waals surface area contributed by atoms with Crippen LogP contribution in [0.5, 0.6) is 0 Å². The van der Waals surface area contributed by atoms with E-state index in [1.165, 1.54) is 12.1 Å². The number of hydrogen-bond donors (Lipinski definition) is 2. The minimum atomic E-state index is -3.57. The van der Waals surface area contributed by atoms with Gasteiger partial charge in [0, 0.05) is 18.5 Å². The molecule has 0 radical (unpaired) electrons. The van der Waals surface area contributed by atoms with Crippen molar-refractivity contribution in [3.63, 3.8) is 0 Å². The highest BCUT2D eigenvalue weighted by atomic mass is 35.5. The maximum absolute atomic E-state index is 11.9. The van der Waals surface area contributed by atoms with Crippen LogP contribution in [0, 0.1) is 11.8 Å². The molecule has 0 amide bonds. The second-order valence-corrected chi connectivity index (χ2v) is 5.96. The van der Waals surface area contributed by atoms with Crippen LogP contribution in [-0.4, -0.2) is 26.7 Å². The number of aliphatic hydroxyl groups is 1. The van der Waals surface area contributed by atoms with Gasteiger partial charge in [-0.25, -0.2) is 13.1 Å². The van der Waals surface area contributed by atoms with Crippen LogP contribution < -0.4 is 4.72 Å². The Labute approximate surface area is 118 Å². The van der Waals surface area contributed by atoms with Crippen molar-refractivity contribution in [2.45, 2.75) is 24.7 Å². The summed E-state index contributed by atoms with van der Waals surface area (Å²) in [4.78, 5) is 0.0512. The number of sulfonamides is 1. The maximum Gasteiger partial charge on any atom is 0.242 e. The van der Waals surface area contributed by atoms with Crippen molar-refractivity contribution in [2.24, 2.45) is 0 Å². The lowest BCUT2D eigenvalue weighted by Crippen LogP contribution is -2.24. The number of benzene rings is 1. The van der Waals surface area contributed by atoms with E-state index in [1.807, 2.05) is 6.92 Å². The molecule has 0 aliphatic heterocycles. The van der Waals surface area contributed by atoms with Gasteiger partial charge in [-0.3, -0.25) is 0 Å². The lowest BCUT2D eigenvalue weighted by atomic mass is 10.2. The SMILES string of the molecule is CCCNS(=O)(=O)c1ccc(C#CCCO)cc1Cl. The third-order valence-electron chi connectivity index (χ3n) is 2.23. The van der Waals surface area contributed by atoms with Crippen LogP contribution in [0.25, 0.3) is 0 Å². The van der Waals surface area contributed by atoms with Crippen molar-refractivity contribution in [3.05, 3.63) is 28.8 Å². The Morgan fingerprint density at radius 1 is 1.42 bits per heavy atom. The molecule has 0 fully saturated rings. The molecule has 1 rings (SSSR count). The van der Waals surface area contributed by atoms with Gasteiger partial charge in [0.1, 0.15) is 4.90 Å². The number of hydrogen-bond acceptors (Lipinski definition) is 3. The Balaban J connectivity index is 2.98. The van der Waals surface area contributed by atoms with E-state index < -0.39 is 10.0 Å². The van der Waals surface area contributed by atoms with E-state index in [2.05, 4.69) is 16.6 Å². The first-order valence-electron chi connectivity index (χ1n) is 5.90. The molecular weight excluding hydrogens is 286 g/mol. The second kappa shape index (κ2) is 7.51. The molecule has 0 bridgehead atoms. The zero-order valence-electron chi connectivity index (χ0n) is 10.6. The third kappa shape index (κ3) is 4.84. The van der Waals surface area contributed by atoms with Crippen molar-refractivity contribution >= 4 is 21.6 Å². The van der Waals surface area contributed by atoms with Gasteiger partial charge in [-0.2, -0.15) is 0 Å². The van der Waals surface area contributed by atoms with Gasteiger partial charge in [-0.1, -0.05) is 30.4 Å². The number of halogens is 1. The molecule has 4 nitrogen and oxygen atoms in total. The van der Waals surface area contributed by atoms with E-state index in [4.69, 9.17) is 16.7 Å². The van der Waals surface area contributed by atoms with Crippen LogP contribution in [-0.2, 0) is 10.0 Å². The average molecular weight is 302 g/mol. The first kappa shape index (κ1) is 16.0. The van der Waals surface area contributed by atoms with Gasteiger partial charge in [-0.15, -0.1) is 0 Å². The van der Waals surface area contributed by atoms with Gasteiger partial charge < -0.3 is 5.11 Å². The van der Waals surface area contributed by atoms with E-state index in [1.54, 1.807) is 6.07 Å². The van der Waals surface area contributed by atoms with Crippen LogP contribution in [0.15, 0.2) is 23.1 Å². The summed E-state index contributed by atoms with van der Waals surface area (Å²) in [5, 5.41) is 8.75. The number of nitrogens with one attached hydrogen (secondary N) is 1. The highest BCUT2D eigenvalue weighted by Crippen LogP contribution is 2.22. The predicted molar refractivity (Wildman–Crippen MR) is 75.5 cm³/mol. The Hall–Kier alpha value is -1.06. The smallest absolute Gasteiger partial charge is 0.242 e. The monoisotopic (exact) mass is 301 g/mol. The first-order chi connectivity index (χ1) is 9.01. The molecule has 19 heavy (non-hydrogen) atoms. The van der Waals surface area contributed by atoms with E-state index in [0.29, 0.717) is 24.9 Å². The van der Waals surface area contributed by atoms with E-state index >= 15 is 0 Å². The fourth-order valence-corrected chi connectivity index (χ4v) is 3.01. The summed E-state index contributed by atoms with van der Waals surface area (Å²) >= 11 is 5.97. The van der Waals surface area contributed by atoms with Crippen molar-refractivity contribution in [1.29, 1.82) is 0 Å². The molecule has 2 N–H and O–H groups in total. The quantitative estimate of drug-likeness (QED) is 0.815. The van der Waals surface area contributed by atoms with Crippen LogP contribution in [0.3, 0.4) is 0 Å². The minimum Gasteiger partial charge on any atom is -0.395 e. The molecular formula is C13H16ClNO3S. The van der Waals surface area contributed by atoms with Gasteiger partial charge in [0.05, 0.1) is 11.6 Å². The largest absolute Gasteiger partial charge is 0.395 e. The molecule has 0 atom stereocenters. The lowest BCUT2D eigenvalue weighted by Gasteiger charge is -2.07. The topological polar surface area (TPSA) is 66.4 Å². The van der Waals surface area contributed by atoms with Crippen molar-refractivity contribution in [1.82, 2.24) is 4.72 Å². The molecule has 0 aromatic heterocycles. The molecule has 0 aliphatic rings. The molecule has 0 heterocycles. The number of rotatable bonds is 5. The molecule has 6 heteroatoms. The summed E-state index contributed by atoms with van der Waals surface area (Å²) in [6.45, 7) is 2.24. The molecule has 1 aromatic rings. The predicted octanol–water partition coefficient (Wildman–Crippen LogP) is 1.76. The Morgan fingerprint density at radius 2 is 2.16 bits per heavy atom. The van der Waals surface area contributed by atoms with Gasteiger partial charge >= 0.3 is 0 Å². The summed E-state index contributed by atoms with van der Waals surface area (Å²) in [5.74, 6) is 5.55. The van der Waals surface area contributed by atoms with E-state index in [0.717, 1.165) is 0 Å². The lowest BCUT2D eigenvalue weighted by molar-refractivity contribution is 0.305. The van der Waals surface area contributed by atoms with Crippen LogP contribution in [0.2, 0.25) is 5.02 Å². The average Bonchev–Trinajstić information content (AvgIpc) is 2.36. The highest BCUT2D eigenvalue weighted by molar-refractivity contribution is 7.89. The van der Waals surface area contributed by atoms with Crippen molar-refractivity contribution < 1.29 is 13.5 Å². The Morgan fingerprint density at radius 3 is 2.74 bits per heavy atom. The standard InChI is InChI=1S/C13H16ClNO3S/c1-2-8-15-19(17,18)13-7-6-11(10-12(13)14)5-3-4-9-16/h6-7,10,15-16H,2,4,8-9H2,1H3.